The second kappa shape index (κ2) is 6.93. The van der Waals surface area contributed by atoms with Gasteiger partial charge in [-0.15, -0.1) is 0 Å². The van der Waals surface area contributed by atoms with Gasteiger partial charge in [0.2, 0.25) is 5.91 Å². The van der Waals surface area contributed by atoms with E-state index in [9.17, 15) is 14.4 Å². The van der Waals surface area contributed by atoms with Crippen molar-refractivity contribution in [2.75, 3.05) is 4.90 Å². The molecule has 6 nitrogen and oxygen atoms in total. The summed E-state index contributed by atoms with van der Waals surface area (Å²) < 4.78 is 6.04. The van der Waals surface area contributed by atoms with Gasteiger partial charge < -0.3 is 9.32 Å². The number of anilines is 1. The number of amides is 1. The van der Waals surface area contributed by atoms with Crippen LogP contribution < -0.4 is 16.3 Å². The molecule has 1 heterocycles. The molecule has 0 saturated heterocycles. The standard InChI is InChI=1S/C19H20N2O4/c1-13(2)21(14-8-4-3-5-9-14)17(22)12-20-16-11-7-6-10-15(16)18(23)25-19(20)24/h3-5,7-9,11,13H,6,10,12H2,1-2H3. The first kappa shape index (κ1) is 17.0. The molecule has 2 aromatic rings. The van der Waals surface area contributed by atoms with Crippen LogP contribution in [0.5, 0.6) is 0 Å². The molecular formula is C19H20N2O4. The number of fused-ring (bicyclic) bond motifs is 1. The van der Waals surface area contributed by atoms with Gasteiger partial charge >= 0.3 is 11.4 Å². The summed E-state index contributed by atoms with van der Waals surface area (Å²) in [5.41, 5.74) is 1.07. The molecule has 0 fully saturated rings. The summed E-state index contributed by atoms with van der Waals surface area (Å²) in [6.07, 6.45) is 4.83. The fraction of sp³-hybridized carbons (Fsp3) is 0.316. The van der Waals surface area contributed by atoms with E-state index in [1.54, 1.807) is 11.0 Å². The second-order valence-corrected chi connectivity index (χ2v) is 6.24. The summed E-state index contributed by atoms with van der Waals surface area (Å²) >= 11 is 0. The summed E-state index contributed by atoms with van der Waals surface area (Å²) in [5, 5.41) is 0. The first-order chi connectivity index (χ1) is 12.0. The average molecular weight is 340 g/mol. The van der Waals surface area contributed by atoms with Gasteiger partial charge in [0, 0.05) is 11.7 Å². The Balaban J connectivity index is 2.00. The number of nitrogens with zero attached hydrogens (tertiary/aromatic N) is 2. The minimum atomic E-state index is -0.805. The number of rotatable bonds is 4. The van der Waals surface area contributed by atoms with E-state index in [0.29, 0.717) is 24.1 Å². The third kappa shape index (κ3) is 3.33. The van der Waals surface area contributed by atoms with Crippen LogP contribution in [0.25, 0.3) is 6.08 Å². The summed E-state index contributed by atoms with van der Waals surface area (Å²) in [6.45, 7) is 3.64. The van der Waals surface area contributed by atoms with Crippen molar-refractivity contribution in [2.45, 2.75) is 39.3 Å². The topological polar surface area (TPSA) is 72.5 Å². The van der Waals surface area contributed by atoms with E-state index in [4.69, 9.17) is 4.42 Å². The van der Waals surface area contributed by atoms with Crippen molar-refractivity contribution in [1.29, 1.82) is 0 Å². The Bertz CT molecular complexity index is 923. The van der Waals surface area contributed by atoms with Crippen LogP contribution in [-0.2, 0) is 17.8 Å². The number of hydrogen-bond acceptors (Lipinski definition) is 4. The van der Waals surface area contributed by atoms with Gasteiger partial charge in [-0.3, -0.25) is 9.36 Å². The largest absolute Gasteiger partial charge is 0.422 e. The highest BCUT2D eigenvalue weighted by Gasteiger charge is 2.23. The zero-order valence-electron chi connectivity index (χ0n) is 14.3. The third-order valence-electron chi connectivity index (χ3n) is 4.20. The predicted molar refractivity (Wildman–Crippen MR) is 95.7 cm³/mol. The van der Waals surface area contributed by atoms with Gasteiger partial charge in [0.05, 0.1) is 11.3 Å². The molecule has 1 aliphatic rings. The van der Waals surface area contributed by atoms with Crippen molar-refractivity contribution in [3.8, 4) is 0 Å². The molecule has 0 atom stereocenters. The van der Waals surface area contributed by atoms with Crippen LogP contribution in [0, 0.1) is 0 Å². The minimum Gasteiger partial charge on any atom is -0.372 e. The van der Waals surface area contributed by atoms with Gasteiger partial charge in [-0.1, -0.05) is 24.3 Å². The molecule has 0 saturated carbocycles. The van der Waals surface area contributed by atoms with Crippen LogP contribution >= 0.6 is 0 Å². The molecule has 6 heteroatoms. The fourth-order valence-electron chi connectivity index (χ4n) is 3.09. The van der Waals surface area contributed by atoms with Crippen molar-refractivity contribution in [1.82, 2.24) is 4.57 Å². The third-order valence-corrected chi connectivity index (χ3v) is 4.20. The van der Waals surface area contributed by atoms with Crippen LogP contribution in [0.15, 0.2) is 50.4 Å². The van der Waals surface area contributed by atoms with Crippen LogP contribution in [0.2, 0.25) is 0 Å². The van der Waals surface area contributed by atoms with Gasteiger partial charge in [0.1, 0.15) is 6.54 Å². The van der Waals surface area contributed by atoms with Gasteiger partial charge in [-0.25, -0.2) is 9.59 Å². The smallest absolute Gasteiger partial charge is 0.372 e. The van der Waals surface area contributed by atoms with E-state index in [0.717, 1.165) is 5.69 Å². The number of carbonyl (C=O) groups excluding carboxylic acids is 1. The Labute approximate surface area is 145 Å². The van der Waals surface area contributed by atoms with Crippen LogP contribution in [-0.4, -0.2) is 16.5 Å². The van der Waals surface area contributed by atoms with Crippen molar-refractivity contribution in [3.05, 3.63) is 68.6 Å². The highest BCUT2D eigenvalue weighted by atomic mass is 16.4. The Kier molecular flexibility index (Phi) is 4.70. The number of para-hydroxylation sites is 1. The first-order valence-electron chi connectivity index (χ1n) is 8.29. The molecular weight excluding hydrogens is 320 g/mol. The molecule has 3 rings (SSSR count). The zero-order valence-corrected chi connectivity index (χ0v) is 14.3. The average Bonchev–Trinajstić information content (AvgIpc) is 2.59. The highest BCUT2D eigenvalue weighted by Crippen LogP contribution is 2.19. The lowest BCUT2D eigenvalue weighted by Gasteiger charge is -2.27. The summed E-state index contributed by atoms with van der Waals surface area (Å²) in [4.78, 5) is 38.6. The van der Waals surface area contributed by atoms with E-state index in [1.165, 1.54) is 4.57 Å². The maximum atomic E-state index is 12.9. The quantitative estimate of drug-likeness (QED) is 0.855. The van der Waals surface area contributed by atoms with E-state index in [1.807, 2.05) is 50.3 Å². The summed E-state index contributed by atoms with van der Waals surface area (Å²) in [6, 6.07) is 9.21. The lowest BCUT2D eigenvalue weighted by Crippen LogP contribution is -2.42. The van der Waals surface area contributed by atoms with Gasteiger partial charge in [-0.05, 0) is 44.9 Å². The Morgan fingerprint density at radius 3 is 2.64 bits per heavy atom. The number of hydrogen-bond donors (Lipinski definition) is 0. The maximum absolute atomic E-state index is 12.9. The Morgan fingerprint density at radius 2 is 1.96 bits per heavy atom. The molecule has 130 valence electrons. The lowest BCUT2D eigenvalue weighted by atomic mass is 10.0. The molecule has 0 unspecified atom stereocenters. The molecule has 1 aliphatic carbocycles. The fourth-order valence-corrected chi connectivity index (χ4v) is 3.09. The first-order valence-corrected chi connectivity index (χ1v) is 8.29. The monoisotopic (exact) mass is 340 g/mol. The number of aromatic nitrogens is 1. The molecule has 0 aliphatic heterocycles. The number of benzene rings is 1. The van der Waals surface area contributed by atoms with E-state index >= 15 is 0 Å². The van der Waals surface area contributed by atoms with Gasteiger partial charge in [0.25, 0.3) is 0 Å². The number of carbonyl (C=O) groups is 1. The van der Waals surface area contributed by atoms with Gasteiger partial charge in [-0.2, -0.15) is 0 Å². The van der Waals surface area contributed by atoms with Crippen LogP contribution in [0.1, 0.15) is 31.5 Å². The molecule has 0 radical (unpaired) electrons. The molecule has 25 heavy (non-hydrogen) atoms. The zero-order chi connectivity index (χ0) is 18.0. The minimum absolute atomic E-state index is 0.0762. The van der Waals surface area contributed by atoms with Crippen molar-refractivity contribution < 1.29 is 9.21 Å². The van der Waals surface area contributed by atoms with Gasteiger partial charge in [0.15, 0.2) is 0 Å². The van der Waals surface area contributed by atoms with Crippen LogP contribution in [0.3, 0.4) is 0 Å². The summed E-state index contributed by atoms with van der Waals surface area (Å²) in [5.74, 6) is -1.04. The lowest BCUT2D eigenvalue weighted by molar-refractivity contribution is -0.119. The van der Waals surface area contributed by atoms with E-state index < -0.39 is 11.4 Å². The van der Waals surface area contributed by atoms with Crippen molar-refractivity contribution in [2.24, 2.45) is 0 Å². The molecule has 0 bridgehead atoms. The molecule has 1 aromatic carbocycles. The molecule has 1 aromatic heterocycles. The molecule has 0 spiro atoms. The SMILES string of the molecule is CC(C)N(C(=O)Cn1c2c(c(=O)oc1=O)CCC=C2)c1ccccc1. The highest BCUT2D eigenvalue weighted by molar-refractivity contribution is 5.93. The van der Waals surface area contributed by atoms with Crippen molar-refractivity contribution >= 4 is 17.7 Å². The normalized spacial score (nSPS) is 12.9. The van der Waals surface area contributed by atoms with Crippen LogP contribution in [0.4, 0.5) is 5.69 Å². The summed E-state index contributed by atoms with van der Waals surface area (Å²) in [7, 11) is 0. The Morgan fingerprint density at radius 1 is 1.24 bits per heavy atom. The van der Waals surface area contributed by atoms with E-state index in [2.05, 4.69) is 0 Å². The second-order valence-electron chi connectivity index (χ2n) is 6.24. The molecule has 0 N–H and O–H groups in total. The Hall–Kier alpha value is -2.89. The van der Waals surface area contributed by atoms with Crippen molar-refractivity contribution in [3.63, 3.8) is 0 Å². The maximum Gasteiger partial charge on any atom is 0.422 e. The number of allylic oxidation sites excluding steroid dienone is 1. The predicted octanol–water partition coefficient (Wildman–Crippen LogP) is 2.20. The van der Waals surface area contributed by atoms with E-state index in [-0.39, 0.29) is 18.5 Å². The molecule has 1 amide bonds.